The van der Waals surface area contributed by atoms with Gasteiger partial charge in [0.1, 0.15) is 29.0 Å². The molecule has 5 aromatic rings. The van der Waals surface area contributed by atoms with E-state index in [9.17, 15) is 0 Å². The molecule has 0 bridgehead atoms. The van der Waals surface area contributed by atoms with Gasteiger partial charge in [-0.25, -0.2) is 14.6 Å². The molecule has 0 spiro atoms. The average Bonchev–Trinajstić information content (AvgIpc) is 3.47. The molecule has 176 valence electrons. The van der Waals surface area contributed by atoms with Gasteiger partial charge in [-0.1, -0.05) is 28.1 Å². The number of nitrogens with zero attached hydrogens (tertiary/aromatic N) is 6. The molecule has 0 aliphatic carbocycles. The van der Waals surface area contributed by atoms with Crippen molar-refractivity contribution < 1.29 is 9.47 Å². The molecule has 2 aromatic carbocycles. The number of halogens is 1. The van der Waals surface area contributed by atoms with E-state index in [1.165, 1.54) is 0 Å². The molecule has 0 saturated heterocycles. The topological polar surface area (TPSA) is 79.9 Å². The van der Waals surface area contributed by atoms with Crippen molar-refractivity contribution in [2.75, 3.05) is 13.7 Å². The van der Waals surface area contributed by atoms with Crippen LogP contribution in [0.2, 0.25) is 0 Å². The summed E-state index contributed by atoms with van der Waals surface area (Å²) >= 11 is 3.58. The van der Waals surface area contributed by atoms with Gasteiger partial charge in [-0.15, -0.1) is 0 Å². The van der Waals surface area contributed by atoms with Crippen LogP contribution in [-0.2, 0) is 13.1 Å². The third-order valence-corrected chi connectivity index (χ3v) is 6.55. The zero-order chi connectivity index (χ0) is 23.8. The molecule has 6 rings (SSSR count). The number of hydrogen-bond donors (Lipinski definition) is 0. The number of benzene rings is 2. The Morgan fingerprint density at radius 1 is 1.06 bits per heavy atom. The third kappa shape index (κ3) is 4.27. The summed E-state index contributed by atoms with van der Waals surface area (Å²) in [5.74, 6) is 3.17. The molecule has 8 nitrogen and oxygen atoms in total. The second kappa shape index (κ2) is 9.14. The lowest BCUT2D eigenvalue weighted by atomic mass is 10.2. The van der Waals surface area contributed by atoms with Crippen LogP contribution in [-0.4, -0.2) is 43.0 Å². The zero-order valence-electron chi connectivity index (χ0n) is 19.2. The van der Waals surface area contributed by atoms with Crippen molar-refractivity contribution in [1.82, 2.24) is 29.3 Å². The maximum atomic E-state index is 6.03. The Balaban J connectivity index is 1.28. The lowest BCUT2D eigenvalue weighted by Gasteiger charge is -2.16. The Hall–Kier alpha value is -3.72. The van der Waals surface area contributed by atoms with E-state index in [0.29, 0.717) is 12.4 Å². The summed E-state index contributed by atoms with van der Waals surface area (Å²) in [6.07, 6.45) is 5.58. The number of imidazole rings is 1. The van der Waals surface area contributed by atoms with Gasteiger partial charge in [0.05, 0.1) is 25.8 Å². The van der Waals surface area contributed by atoms with Gasteiger partial charge in [0.25, 0.3) is 0 Å². The summed E-state index contributed by atoms with van der Waals surface area (Å²) in [6.45, 7) is 2.23. The molecule has 0 radical (unpaired) electrons. The first-order valence-electron chi connectivity index (χ1n) is 11.5. The van der Waals surface area contributed by atoms with Crippen LogP contribution in [0.4, 0.5) is 0 Å². The quantitative estimate of drug-likeness (QED) is 0.304. The highest BCUT2D eigenvalue weighted by molar-refractivity contribution is 9.10. The van der Waals surface area contributed by atoms with Gasteiger partial charge >= 0.3 is 0 Å². The molecule has 0 amide bonds. The van der Waals surface area contributed by atoms with E-state index in [1.807, 2.05) is 59.4 Å². The van der Waals surface area contributed by atoms with Gasteiger partial charge in [0.15, 0.2) is 11.6 Å². The van der Waals surface area contributed by atoms with Crippen molar-refractivity contribution in [3.8, 4) is 34.4 Å². The Morgan fingerprint density at radius 2 is 1.94 bits per heavy atom. The van der Waals surface area contributed by atoms with Gasteiger partial charge in [0.2, 0.25) is 0 Å². The maximum Gasteiger partial charge on any atom is 0.182 e. The third-order valence-electron chi connectivity index (χ3n) is 6.10. The summed E-state index contributed by atoms with van der Waals surface area (Å²) in [4.78, 5) is 14.1. The number of rotatable bonds is 5. The SMILES string of the molecule is COc1ccc(Cn2cnc(-c3ccc(-c4nc5cc(Br)cc6c5n4CCCCO6)nc3)n2)cc1. The van der Waals surface area contributed by atoms with Crippen molar-refractivity contribution >= 4 is 27.0 Å². The Bertz CT molecular complexity index is 1490. The monoisotopic (exact) mass is 530 g/mol. The molecular formula is C26H23BrN6O2. The molecule has 9 heteroatoms. The molecule has 4 heterocycles. The van der Waals surface area contributed by atoms with Crippen molar-refractivity contribution in [3.05, 3.63) is 71.1 Å². The van der Waals surface area contributed by atoms with E-state index in [1.54, 1.807) is 13.4 Å². The maximum absolute atomic E-state index is 6.03. The first-order chi connectivity index (χ1) is 17.2. The van der Waals surface area contributed by atoms with Crippen LogP contribution in [0.25, 0.3) is 33.9 Å². The summed E-state index contributed by atoms with van der Waals surface area (Å²) in [6, 6.07) is 16.0. The largest absolute Gasteiger partial charge is 0.497 e. The Labute approximate surface area is 210 Å². The second-order valence-corrected chi connectivity index (χ2v) is 9.38. The molecule has 1 aliphatic rings. The number of hydrogen-bond acceptors (Lipinski definition) is 6. The Morgan fingerprint density at radius 3 is 2.74 bits per heavy atom. The van der Waals surface area contributed by atoms with E-state index in [-0.39, 0.29) is 0 Å². The number of ether oxygens (including phenoxy) is 2. The van der Waals surface area contributed by atoms with Gasteiger partial charge < -0.3 is 14.0 Å². The predicted molar refractivity (Wildman–Crippen MR) is 137 cm³/mol. The molecule has 0 fully saturated rings. The van der Waals surface area contributed by atoms with E-state index < -0.39 is 0 Å². The van der Waals surface area contributed by atoms with Crippen LogP contribution in [0.1, 0.15) is 18.4 Å². The summed E-state index contributed by atoms with van der Waals surface area (Å²) < 4.78 is 16.3. The van der Waals surface area contributed by atoms with Crippen LogP contribution >= 0.6 is 15.9 Å². The lowest BCUT2D eigenvalue weighted by Crippen LogP contribution is -2.09. The van der Waals surface area contributed by atoms with Gasteiger partial charge in [-0.05, 0) is 54.8 Å². The normalized spacial score (nSPS) is 13.3. The van der Waals surface area contributed by atoms with Crippen molar-refractivity contribution in [2.24, 2.45) is 0 Å². The number of pyridine rings is 1. The van der Waals surface area contributed by atoms with Crippen LogP contribution in [0.3, 0.4) is 0 Å². The second-order valence-electron chi connectivity index (χ2n) is 8.46. The van der Waals surface area contributed by atoms with E-state index in [4.69, 9.17) is 19.4 Å². The highest BCUT2D eigenvalue weighted by Crippen LogP contribution is 2.35. The molecule has 0 N–H and O–H groups in total. The van der Waals surface area contributed by atoms with Crippen LogP contribution in [0.5, 0.6) is 11.5 Å². The lowest BCUT2D eigenvalue weighted by molar-refractivity contribution is 0.299. The molecule has 0 unspecified atom stereocenters. The first kappa shape index (κ1) is 21.8. The standard InChI is InChI=1S/C26H23BrN6O2/c1-34-20-7-4-17(5-8-20)15-32-16-29-25(31-32)18-6-9-21(28-14-18)26-30-22-12-19(27)13-23-24(22)33(26)10-2-3-11-35-23/h4-9,12-14,16H,2-3,10-11,15H2,1H3. The number of aryl methyl sites for hydroxylation is 1. The van der Waals surface area contributed by atoms with Crippen molar-refractivity contribution in [1.29, 1.82) is 0 Å². The highest BCUT2D eigenvalue weighted by atomic mass is 79.9. The van der Waals surface area contributed by atoms with Crippen LogP contribution < -0.4 is 9.47 Å². The van der Waals surface area contributed by atoms with Gasteiger partial charge in [-0.3, -0.25) is 4.98 Å². The van der Waals surface area contributed by atoms with Gasteiger partial charge in [-0.2, -0.15) is 5.10 Å². The molecular weight excluding hydrogens is 508 g/mol. The number of methoxy groups -OCH3 is 1. The zero-order valence-corrected chi connectivity index (χ0v) is 20.8. The molecule has 1 aliphatic heterocycles. The summed E-state index contributed by atoms with van der Waals surface area (Å²) in [7, 11) is 1.66. The first-order valence-corrected chi connectivity index (χ1v) is 12.3. The van der Waals surface area contributed by atoms with Crippen LogP contribution in [0.15, 0.2) is 65.5 Å². The smallest absolute Gasteiger partial charge is 0.182 e. The van der Waals surface area contributed by atoms with E-state index >= 15 is 0 Å². The molecule has 35 heavy (non-hydrogen) atoms. The minimum Gasteiger partial charge on any atom is -0.497 e. The van der Waals surface area contributed by atoms with E-state index in [0.717, 1.165) is 75.6 Å². The molecule has 0 atom stereocenters. The van der Waals surface area contributed by atoms with E-state index in [2.05, 4.69) is 30.6 Å². The summed E-state index contributed by atoms with van der Waals surface area (Å²) in [5, 5.41) is 4.63. The van der Waals surface area contributed by atoms with Crippen molar-refractivity contribution in [3.63, 3.8) is 0 Å². The molecule has 0 saturated carbocycles. The predicted octanol–water partition coefficient (Wildman–Crippen LogP) is 5.35. The fraction of sp³-hybridized carbons (Fsp3) is 0.231. The summed E-state index contributed by atoms with van der Waals surface area (Å²) in [5.41, 5.74) is 4.71. The Kier molecular flexibility index (Phi) is 5.69. The fourth-order valence-corrected chi connectivity index (χ4v) is 4.78. The van der Waals surface area contributed by atoms with Gasteiger partial charge in [0, 0.05) is 22.8 Å². The highest BCUT2D eigenvalue weighted by Gasteiger charge is 2.20. The fourth-order valence-electron chi connectivity index (χ4n) is 4.35. The average molecular weight is 531 g/mol. The minimum atomic E-state index is 0.631. The molecule has 3 aromatic heterocycles. The van der Waals surface area contributed by atoms with Crippen molar-refractivity contribution in [2.45, 2.75) is 25.9 Å². The number of aromatic nitrogens is 6. The minimum absolute atomic E-state index is 0.631. The van der Waals surface area contributed by atoms with Crippen LogP contribution in [0, 0.1) is 0 Å².